The van der Waals surface area contributed by atoms with E-state index < -0.39 is 5.97 Å². The molecule has 0 aromatic heterocycles. The van der Waals surface area contributed by atoms with Crippen LogP contribution >= 0.6 is 0 Å². The van der Waals surface area contributed by atoms with Crippen LogP contribution in [0.1, 0.15) is 26.2 Å². The summed E-state index contributed by atoms with van der Waals surface area (Å²) in [4.78, 5) is 16.2. The fourth-order valence-corrected chi connectivity index (χ4v) is 4.10. The second-order valence-electron chi connectivity index (χ2n) is 5.99. The van der Waals surface area contributed by atoms with Crippen molar-refractivity contribution in [2.75, 3.05) is 26.2 Å². The summed E-state index contributed by atoms with van der Waals surface area (Å²) in [6, 6.07) is 0.298. The largest absolute Gasteiger partial charge is 0.480 e. The summed E-state index contributed by atoms with van der Waals surface area (Å²) in [7, 11) is 0. The van der Waals surface area contributed by atoms with Crippen LogP contribution in [0.2, 0.25) is 0 Å². The molecule has 4 nitrogen and oxygen atoms in total. The van der Waals surface area contributed by atoms with Gasteiger partial charge in [0.1, 0.15) is 6.04 Å². The van der Waals surface area contributed by atoms with E-state index in [1.165, 1.54) is 32.5 Å². The average Bonchev–Trinajstić information content (AvgIpc) is 2.84. The zero-order chi connectivity index (χ0) is 12.0. The molecule has 4 heteroatoms. The Balaban J connectivity index is 1.76. The van der Waals surface area contributed by atoms with Crippen LogP contribution in [0.4, 0.5) is 0 Å². The number of hydrogen-bond donors (Lipinski definition) is 1. The molecule has 5 unspecified atom stereocenters. The SMILES string of the molecule is CC1CCN(C2CCN3CCC2C3)C1C(=O)O. The summed E-state index contributed by atoms with van der Waals surface area (Å²) >= 11 is 0. The van der Waals surface area contributed by atoms with Crippen LogP contribution in [0.5, 0.6) is 0 Å². The standard InChI is InChI=1S/C13H22N2O2/c1-9-2-7-15(12(9)13(16)17)11-4-6-14-5-3-10(11)8-14/h9-12H,2-8H2,1H3,(H,16,17). The fraction of sp³-hybridized carbons (Fsp3) is 0.923. The average molecular weight is 238 g/mol. The molecule has 0 radical (unpaired) electrons. The second-order valence-corrected chi connectivity index (χ2v) is 5.99. The molecule has 3 aliphatic rings. The third-order valence-electron chi connectivity index (χ3n) is 5.01. The second kappa shape index (κ2) is 4.25. The lowest BCUT2D eigenvalue weighted by Crippen LogP contribution is -2.51. The molecule has 0 aromatic rings. The predicted octanol–water partition coefficient (Wildman–Crippen LogP) is 0.876. The van der Waals surface area contributed by atoms with Gasteiger partial charge in [-0.15, -0.1) is 0 Å². The summed E-state index contributed by atoms with van der Waals surface area (Å²) in [6.07, 6.45) is 3.48. The minimum atomic E-state index is -0.615. The van der Waals surface area contributed by atoms with E-state index in [1.807, 2.05) is 0 Å². The van der Waals surface area contributed by atoms with Crippen molar-refractivity contribution in [3.8, 4) is 0 Å². The number of carboxylic acids is 1. The van der Waals surface area contributed by atoms with Crippen LogP contribution in [-0.4, -0.2) is 59.1 Å². The maximum Gasteiger partial charge on any atom is 0.321 e. The molecule has 2 bridgehead atoms. The number of hydrogen-bond acceptors (Lipinski definition) is 3. The Kier molecular flexibility index (Phi) is 2.87. The van der Waals surface area contributed by atoms with E-state index in [1.54, 1.807) is 0 Å². The molecule has 17 heavy (non-hydrogen) atoms. The lowest BCUT2D eigenvalue weighted by atomic mass is 9.91. The molecule has 0 spiro atoms. The fourth-order valence-electron chi connectivity index (χ4n) is 4.10. The van der Waals surface area contributed by atoms with Gasteiger partial charge >= 0.3 is 5.97 Å². The van der Waals surface area contributed by atoms with Crippen molar-refractivity contribution in [1.82, 2.24) is 9.80 Å². The van der Waals surface area contributed by atoms with Crippen LogP contribution in [0, 0.1) is 11.8 Å². The van der Waals surface area contributed by atoms with Crippen molar-refractivity contribution in [3.63, 3.8) is 0 Å². The van der Waals surface area contributed by atoms with Crippen molar-refractivity contribution in [2.24, 2.45) is 11.8 Å². The minimum absolute atomic E-state index is 0.229. The van der Waals surface area contributed by atoms with Crippen LogP contribution < -0.4 is 0 Å². The van der Waals surface area contributed by atoms with E-state index in [0.717, 1.165) is 18.9 Å². The van der Waals surface area contributed by atoms with Crippen molar-refractivity contribution in [1.29, 1.82) is 0 Å². The highest BCUT2D eigenvalue weighted by Gasteiger charge is 2.45. The Morgan fingerprint density at radius 1 is 1.18 bits per heavy atom. The summed E-state index contributed by atoms with van der Waals surface area (Å²) < 4.78 is 0. The Labute approximate surface area is 103 Å². The maximum absolute atomic E-state index is 11.4. The van der Waals surface area contributed by atoms with Gasteiger partial charge < -0.3 is 10.0 Å². The van der Waals surface area contributed by atoms with Crippen molar-refractivity contribution in [3.05, 3.63) is 0 Å². The highest BCUT2D eigenvalue weighted by atomic mass is 16.4. The van der Waals surface area contributed by atoms with Gasteiger partial charge in [-0.1, -0.05) is 6.92 Å². The van der Waals surface area contributed by atoms with Gasteiger partial charge in [0.05, 0.1) is 0 Å². The lowest BCUT2D eigenvalue weighted by molar-refractivity contribution is -0.144. The Morgan fingerprint density at radius 3 is 2.71 bits per heavy atom. The molecule has 0 aromatic carbocycles. The van der Waals surface area contributed by atoms with Gasteiger partial charge in [0.2, 0.25) is 0 Å². The van der Waals surface area contributed by atoms with Crippen molar-refractivity contribution < 1.29 is 9.90 Å². The molecule has 3 heterocycles. The Bertz CT molecular complexity index is 321. The topological polar surface area (TPSA) is 43.8 Å². The van der Waals surface area contributed by atoms with E-state index in [0.29, 0.717) is 12.0 Å². The molecule has 3 rings (SSSR count). The summed E-state index contributed by atoms with van der Waals surface area (Å²) in [5, 5.41) is 9.40. The molecule has 3 fully saturated rings. The van der Waals surface area contributed by atoms with E-state index in [-0.39, 0.29) is 6.04 Å². The van der Waals surface area contributed by atoms with Crippen LogP contribution in [0.25, 0.3) is 0 Å². The summed E-state index contributed by atoms with van der Waals surface area (Å²) in [5.41, 5.74) is 0. The number of rotatable bonds is 2. The molecule has 96 valence electrons. The predicted molar refractivity (Wildman–Crippen MR) is 64.9 cm³/mol. The Hall–Kier alpha value is -0.610. The monoisotopic (exact) mass is 238 g/mol. The highest BCUT2D eigenvalue weighted by Crippen LogP contribution is 2.36. The van der Waals surface area contributed by atoms with E-state index in [9.17, 15) is 9.90 Å². The Morgan fingerprint density at radius 2 is 1.94 bits per heavy atom. The highest BCUT2D eigenvalue weighted by molar-refractivity contribution is 5.74. The van der Waals surface area contributed by atoms with E-state index in [4.69, 9.17) is 0 Å². The van der Waals surface area contributed by atoms with E-state index >= 15 is 0 Å². The third kappa shape index (κ3) is 1.87. The van der Waals surface area contributed by atoms with E-state index in [2.05, 4.69) is 16.7 Å². The quantitative estimate of drug-likeness (QED) is 0.775. The van der Waals surface area contributed by atoms with Crippen LogP contribution in [0.15, 0.2) is 0 Å². The van der Waals surface area contributed by atoms with Gasteiger partial charge in [-0.25, -0.2) is 0 Å². The summed E-state index contributed by atoms with van der Waals surface area (Å²) in [6.45, 7) is 6.66. The number of piperidine rings is 1. The smallest absolute Gasteiger partial charge is 0.321 e. The molecule has 0 saturated carbocycles. The number of nitrogens with zero attached hydrogens (tertiary/aromatic N) is 2. The van der Waals surface area contributed by atoms with Crippen molar-refractivity contribution >= 4 is 5.97 Å². The molecular formula is C13H22N2O2. The number of carbonyl (C=O) groups is 1. The van der Waals surface area contributed by atoms with Gasteiger partial charge in [-0.05, 0) is 50.7 Å². The first-order valence-electron chi connectivity index (χ1n) is 6.87. The van der Waals surface area contributed by atoms with Crippen molar-refractivity contribution in [2.45, 2.75) is 38.3 Å². The normalized spacial score (nSPS) is 46.3. The van der Waals surface area contributed by atoms with Gasteiger partial charge in [0, 0.05) is 12.6 Å². The first-order chi connectivity index (χ1) is 8.16. The van der Waals surface area contributed by atoms with Gasteiger partial charge in [-0.2, -0.15) is 0 Å². The van der Waals surface area contributed by atoms with Crippen LogP contribution in [0.3, 0.4) is 0 Å². The number of carboxylic acid groups (broad SMARTS) is 1. The van der Waals surface area contributed by atoms with Crippen LogP contribution in [-0.2, 0) is 4.79 Å². The molecule has 0 amide bonds. The molecule has 3 saturated heterocycles. The number of likely N-dealkylation sites (tertiary alicyclic amines) is 1. The molecule has 1 N–H and O–H groups in total. The van der Waals surface area contributed by atoms with Gasteiger partial charge in [0.15, 0.2) is 0 Å². The third-order valence-corrected chi connectivity index (χ3v) is 5.01. The minimum Gasteiger partial charge on any atom is -0.480 e. The molecule has 5 atom stereocenters. The van der Waals surface area contributed by atoms with Gasteiger partial charge in [0.25, 0.3) is 0 Å². The molecule has 3 aliphatic heterocycles. The first kappa shape index (κ1) is 11.5. The zero-order valence-corrected chi connectivity index (χ0v) is 10.5. The molecule has 0 aliphatic carbocycles. The lowest BCUT2D eigenvalue weighted by Gasteiger charge is -2.39. The summed E-state index contributed by atoms with van der Waals surface area (Å²) in [5.74, 6) is 0.415. The van der Waals surface area contributed by atoms with Gasteiger partial charge in [-0.3, -0.25) is 9.69 Å². The molecular weight excluding hydrogens is 216 g/mol. The number of fused-ring (bicyclic) bond motifs is 2. The maximum atomic E-state index is 11.4. The number of aliphatic carboxylic acids is 1. The zero-order valence-electron chi connectivity index (χ0n) is 10.5. The first-order valence-corrected chi connectivity index (χ1v) is 6.87.